The van der Waals surface area contributed by atoms with Gasteiger partial charge in [0.1, 0.15) is 17.9 Å². The summed E-state index contributed by atoms with van der Waals surface area (Å²) in [5, 5.41) is 20.6. The quantitative estimate of drug-likeness (QED) is 0.209. The largest absolute Gasteiger partial charge is 0.460 e. The number of carbonyl (C=O) groups excluding carboxylic acids is 1. The number of halogens is 2. The molecule has 0 radical (unpaired) electrons. The van der Waals surface area contributed by atoms with Crippen LogP contribution in [-0.4, -0.2) is 57.5 Å². The van der Waals surface area contributed by atoms with Gasteiger partial charge in [-0.3, -0.25) is 9.69 Å². The van der Waals surface area contributed by atoms with Crippen molar-refractivity contribution >= 4 is 5.97 Å². The van der Waals surface area contributed by atoms with E-state index in [-0.39, 0.29) is 30.8 Å². The van der Waals surface area contributed by atoms with Gasteiger partial charge in [-0.2, -0.15) is 0 Å². The number of hydrogen-bond donors (Lipinski definition) is 2. The molecule has 0 aromatic heterocycles. The van der Waals surface area contributed by atoms with E-state index in [2.05, 4.69) is 0 Å². The van der Waals surface area contributed by atoms with E-state index in [1.165, 1.54) is 0 Å². The van der Waals surface area contributed by atoms with Crippen LogP contribution in [0.4, 0.5) is 8.78 Å². The van der Waals surface area contributed by atoms with Gasteiger partial charge in [-0.25, -0.2) is 8.78 Å². The van der Waals surface area contributed by atoms with Gasteiger partial charge >= 0.3 is 5.97 Å². The maximum absolute atomic E-state index is 14.4. The first kappa shape index (κ1) is 30.2. The summed E-state index contributed by atoms with van der Waals surface area (Å²) in [7, 11) is 0. The summed E-state index contributed by atoms with van der Waals surface area (Å²) in [6.07, 6.45) is 6.05. The summed E-state index contributed by atoms with van der Waals surface area (Å²) >= 11 is 0. The maximum Gasteiger partial charge on any atom is 0.306 e. The van der Waals surface area contributed by atoms with Gasteiger partial charge in [-0.15, -0.1) is 0 Å². The highest BCUT2D eigenvalue weighted by Gasteiger charge is 2.41. The molecular formula is C26H49F2NO4. The molecule has 0 aliphatic carbocycles. The third-order valence-corrected chi connectivity index (χ3v) is 6.60. The van der Waals surface area contributed by atoms with E-state index in [4.69, 9.17) is 4.74 Å². The number of aliphatic hydroxyl groups excluding tert-OH is 2. The van der Waals surface area contributed by atoms with Gasteiger partial charge in [0.2, 0.25) is 0 Å². The third kappa shape index (κ3) is 11.9. The van der Waals surface area contributed by atoms with Crippen LogP contribution in [0.2, 0.25) is 0 Å². The van der Waals surface area contributed by atoms with Crippen LogP contribution in [0, 0.1) is 5.92 Å². The summed E-state index contributed by atoms with van der Waals surface area (Å²) in [5.74, 6) is -3.35. The Hall–Kier alpha value is -0.790. The smallest absolute Gasteiger partial charge is 0.306 e. The zero-order valence-electron chi connectivity index (χ0n) is 21.6. The molecule has 1 aliphatic rings. The molecule has 33 heavy (non-hydrogen) atoms. The molecule has 0 aromatic rings. The molecule has 1 fully saturated rings. The Morgan fingerprint density at radius 1 is 1.06 bits per heavy atom. The van der Waals surface area contributed by atoms with Gasteiger partial charge in [0.15, 0.2) is 0 Å². The fraction of sp³-hybridized carbons (Fsp3) is 0.962. The van der Waals surface area contributed by atoms with E-state index in [1.54, 1.807) is 0 Å². The number of esters is 1. The first-order valence-corrected chi connectivity index (χ1v) is 13.1. The summed E-state index contributed by atoms with van der Waals surface area (Å²) in [6, 6.07) is 0.00676. The van der Waals surface area contributed by atoms with Crippen LogP contribution < -0.4 is 0 Å². The minimum atomic E-state index is -3.06. The average Bonchev–Trinajstić information content (AvgIpc) is 3.07. The molecular weight excluding hydrogens is 428 g/mol. The number of carbonyl (C=O) groups is 1. The highest BCUT2D eigenvalue weighted by molar-refractivity contribution is 5.69. The van der Waals surface area contributed by atoms with Crippen LogP contribution in [0.15, 0.2) is 0 Å². The van der Waals surface area contributed by atoms with E-state index in [0.29, 0.717) is 25.8 Å². The Balaban J connectivity index is 2.38. The van der Waals surface area contributed by atoms with Crippen molar-refractivity contribution in [3.05, 3.63) is 0 Å². The maximum atomic E-state index is 14.4. The standard InChI is InChI=1S/C26H49F2NO4/c1-6-7-8-12-17-26(27,28)22(30)19-20(2)21-15-16-23(31)29(21)18-13-10-9-11-14-24(32)33-25(3,4)5/h20-23,30-31H,6-19H2,1-5H3/t20?,21-,22+,23?/m1/s1. The zero-order chi connectivity index (χ0) is 25.1. The fourth-order valence-electron chi connectivity index (χ4n) is 4.74. The lowest BCUT2D eigenvalue weighted by Gasteiger charge is -2.34. The average molecular weight is 478 g/mol. The fourth-order valence-corrected chi connectivity index (χ4v) is 4.74. The van der Waals surface area contributed by atoms with Crippen molar-refractivity contribution in [2.45, 2.75) is 148 Å². The van der Waals surface area contributed by atoms with Crippen molar-refractivity contribution in [3.63, 3.8) is 0 Å². The first-order valence-electron chi connectivity index (χ1n) is 13.1. The second-order valence-electron chi connectivity index (χ2n) is 10.9. The van der Waals surface area contributed by atoms with Gasteiger partial charge in [0, 0.05) is 25.4 Å². The first-order chi connectivity index (χ1) is 15.4. The van der Waals surface area contributed by atoms with E-state index in [9.17, 15) is 23.8 Å². The second kappa shape index (κ2) is 14.6. The lowest BCUT2D eigenvalue weighted by atomic mass is 9.90. The molecule has 0 spiro atoms. The predicted octanol–water partition coefficient (Wildman–Crippen LogP) is 6.05. The molecule has 5 nitrogen and oxygen atoms in total. The molecule has 0 amide bonds. The number of hydrogen-bond acceptors (Lipinski definition) is 5. The van der Waals surface area contributed by atoms with Gasteiger partial charge in [0.25, 0.3) is 5.92 Å². The minimum Gasteiger partial charge on any atom is -0.460 e. The van der Waals surface area contributed by atoms with Gasteiger partial charge in [-0.05, 0) is 65.2 Å². The molecule has 0 saturated carbocycles. The molecule has 2 unspecified atom stereocenters. The third-order valence-electron chi connectivity index (χ3n) is 6.60. The Bertz CT molecular complexity index is 553. The summed E-state index contributed by atoms with van der Waals surface area (Å²) in [4.78, 5) is 13.8. The Morgan fingerprint density at radius 2 is 1.70 bits per heavy atom. The molecule has 0 bridgehead atoms. The van der Waals surface area contributed by atoms with Crippen LogP contribution >= 0.6 is 0 Å². The van der Waals surface area contributed by atoms with Crippen molar-refractivity contribution in [1.29, 1.82) is 0 Å². The molecule has 4 atom stereocenters. The lowest BCUT2D eigenvalue weighted by Crippen LogP contribution is -2.43. The van der Waals surface area contributed by atoms with Crippen LogP contribution in [0.25, 0.3) is 0 Å². The molecule has 2 N–H and O–H groups in total. The van der Waals surface area contributed by atoms with Crippen molar-refractivity contribution < 1.29 is 28.5 Å². The normalized spacial score (nSPS) is 21.8. The second-order valence-corrected chi connectivity index (χ2v) is 10.9. The Kier molecular flexibility index (Phi) is 13.4. The van der Waals surface area contributed by atoms with E-state index >= 15 is 0 Å². The summed E-state index contributed by atoms with van der Waals surface area (Å²) in [5.41, 5.74) is -0.457. The van der Waals surface area contributed by atoms with Crippen molar-refractivity contribution in [3.8, 4) is 0 Å². The summed E-state index contributed by atoms with van der Waals surface area (Å²) < 4.78 is 34.1. The van der Waals surface area contributed by atoms with Crippen molar-refractivity contribution in [2.75, 3.05) is 6.54 Å². The van der Waals surface area contributed by atoms with Gasteiger partial charge < -0.3 is 14.9 Å². The number of aliphatic hydroxyl groups is 2. The number of nitrogens with zero attached hydrogens (tertiary/aromatic N) is 1. The highest BCUT2D eigenvalue weighted by atomic mass is 19.3. The number of unbranched alkanes of at least 4 members (excludes halogenated alkanes) is 6. The monoisotopic (exact) mass is 477 g/mol. The molecule has 1 rings (SSSR count). The van der Waals surface area contributed by atoms with Gasteiger partial charge in [0.05, 0.1) is 0 Å². The number of alkyl halides is 2. The van der Waals surface area contributed by atoms with Crippen LogP contribution in [0.1, 0.15) is 118 Å². The molecule has 196 valence electrons. The SMILES string of the molecule is CCCCCCC(F)(F)[C@@H](O)CC(C)[C@H]1CCC(O)N1CCCCCCC(=O)OC(C)(C)C. The highest BCUT2D eigenvalue weighted by Crippen LogP contribution is 2.35. The van der Waals surface area contributed by atoms with Crippen molar-refractivity contribution in [1.82, 2.24) is 4.90 Å². The number of likely N-dealkylation sites (tertiary alicyclic amines) is 1. The number of rotatable bonds is 16. The molecule has 0 aromatic carbocycles. The predicted molar refractivity (Wildman–Crippen MR) is 128 cm³/mol. The molecule has 1 heterocycles. The van der Waals surface area contributed by atoms with E-state index in [0.717, 1.165) is 51.4 Å². The number of ether oxygens (including phenoxy) is 1. The van der Waals surface area contributed by atoms with Crippen molar-refractivity contribution in [2.24, 2.45) is 5.92 Å². The van der Waals surface area contributed by atoms with Crippen LogP contribution in [0.3, 0.4) is 0 Å². The minimum absolute atomic E-state index is 0.00676. The van der Waals surface area contributed by atoms with Crippen LogP contribution in [-0.2, 0) is 9.53 Å². The zero-order valence-corrected chi connectivity index (χ0v) is 21.6. The lowest BCUT2D eigenvalue weighted by molar-refractivity contribution is -0.154. The molecule has 1 aliphatic heterocycles. The Labute approximate surface area is 200 Å². The van der Waals surface area contributed by atoms with E-state index < -0.39 is 23.9 Å². The molecule has 1 saturated heterocycles. The topological polar surface area (TPSA) is 70.0 Å². The summed E-state index contributed by atoms with van der Waals surface area (Å²) in [6.45, 7) is 10.2. The van der Waals surface area contributed by atoms with Crippen LogP contribution in [0.5, 0.6) is 0 Å². The molecule has 7 heteroatoms. The van der Waals surface area contributed by atoms with E-state index in [1.807, 2.05) is 39.5 Å². The Morgan fingerprint density at radius 3 is 2.33 bits per heavy atom. The van der Waals surface area contributed by atoms with Gasteiger partial charge in [-0.1, -0.05) is 46.0 Å².